The summed E-state index contributed by atoms with van der Waals surface area (Å²) >= 11 is 23.5. The van der Waals surface area contributed by atoms with E-state index in [1.807, 2.05) is 18.2 Å². The van der Waals surface area contributed by atoms with Crippen molar-refractivity contribution in [3.8, 4) is 0 Å². The normalized spacial score (nSPS) is 12.7. The van der Waals surface area contributed by atoms with Crippen molar-refractivity contribution in [2.75, 3.05) is 6.54 Å². The standard InChI is InChI=1S/C13H11BrCl3NS/c1-2-18-12(10-6-9(16)13(14)19-10)7-4-3-5-8(15)11(7)17/h3-6,12,18H,2H2,1H3. The van der Waals surface area contributed by atoms with Crippen LogP contribution < -0.4 is 5.32 Å². The molecular formula is C13H11BrCl3NS. The fourth-order valence-electron chi connectivity index (χ4n) is 1.82. The van der Waals surface area contributed by atoms with Gasteiger partial charge in [0.2, 0.25) is 0 Å². The first-order valence-electron chi connectivity index (χ1n) is 5.66. The molecule has 0 aliphatic heterocycles. The number of hydrogen-bond acceptors (Lipinski definition) is 2. The lowest BCUT2D eigenvalue weighted by Crippen LogP contribution is -2.21. The molecule has 0 saturated heterocycles. The Balaban J connectivity index is 2.48. The number of thiophene rings is 1. The van der Waals surface area contributed by atoms with E-state index >= 15 is 0 Å². The predicted octanol–water partition coefficient (Wildman–Crippen LogP) is 6.17. The van der Waals surface area contributed by atoms with Gasteiger partial charge in [-0.05, 0) is 40.2 Å². The first-order chi connectivity index (χ1) is 9.04. The van der Waals surface area contributed by atoms with Crippen LogP contribution in [0.1, 0.15) is 23.4 Å². The van der Waals surface area contributed by atoms with E-state index in [1.165, 1.54) is 0 Å². The molecule has 6 heteroatoms. The highest BCUT2D eigenvalue weighted by Gasteiger charge is 2.20. The van der Waals surface area contributed by atoms with E-state index in [9.17, 15) is 0 Å². The summed E-state index contributed by atoms with van der Waals surface area (Å²) in [5.74, 6) is 0. The molecular weight excluding hydrogens is 388 g/mol. The highest BCUT2D eigenvalue weighted by Crippen LogP contribution is 2.40. The van der Waals surface area contributed by atoms with Crippen molar-refractivity contribution in [1.82, 2.24) is 5.32 Å². The predicted molar refractivity (Wildman–Crippen MR) is 89.0 cm³/mol. The molecule has 0 aliphatic rings. The molecule has 0 spiro atoms. The number of benzene rings is 1. The molecule has 1 unspecified atom stereocenters. The zero-order chi connectivity index (χ0) is 14.0. The highest BCUT2D eigenvalue weighted by atomic mass is 79.9. The molecule has 1 aromatic carbocycles. The van der Waals surface area contributed by atoms with E-state index in [4.69, 9.17) is 34.8 Å². The van der Waals surface area contributed by atoms with Crippen LogP contribution in [0.15, 0.2) is 28.1 Å². The molecule has 0 fully saturated rings. The van der Waals surface area contributed by atoms with E-state index in [2.05, 4.69) is 28.2 Å². The third-order valence-corrected chi connectivity index (χ3v) is 6.02. The number of nitrogens with one attached hydrogen (secondary N) is 1. The zero-order valence-corrected chi connectivity index (χ0v) is 14.7. The fraction of sp³-hybridized carbons (Fsp3) is 0.231. The lowest BCUT2D eigenvalue weighted by atomic mass is 10.1. The van der Waals surface area contributed by atoms with E-state index in [1.54, 1.807) is 17.4 Å². The fourth-order valence-corrected chi connectivity index (χ4v) is 4.08. The van der Waals surface area contributed by atoms with Gasteiger partial charge in [0.25, 0.3) is 0 Å². The SMILES string of the molecule is CCNC(c1cc(Cl)c(Br)s1)c1cccc(Cl)c1Cl. The van der Waals surface area contributed by atoms with Gasteiger partial charge in [0.15, 0.2) is 0 Å². The third-order valence-electron chi connectivity index (χ3n) is 2.65. The molecule has 0 bridgehead atoms. The minimum Gasteiger partial charge on any atom is -0.306 e. The molecule has 1 heterocycles. The Morgan fingerprint density at radius 1 is 1.26 bits per heavy atom. The summed E-state index contributed by atoms with van der Waals surface area (Å²) in [5.41, 5.74) is 0.960. The van der Waals surface area contributed by atoms with Crippen LogP contribution in [-0.2, 0) is 0 Å². The van der Waals surface area contributed by atoms with Crippen molar-refractivity contribution in [2.24, 2.45) is 0 Å². The second-order valence-electron chi connectivity index (χ2n) is 3.90. The topological polar surface area (TPSA) is 12.0 Å². The summed E-state index contributed by atoms with van der Waals surface area (Å²) in [6.07, 6.45) is 0. The lowest BCUT2D eigenvalue weighted by molar-refractivity contribution is 0.640. The average Bonchev–Trinajstić information content (AvgIpc) is 2.70. The molecule has 102 valence electrons. The van der Waals surface area contributed by atoms with Crippen LogP contribution in [0, 0.1) is 0 Å². The minimum atomic E-state index is -0.00926. The van der Waals surface area contributed by atoms with Crippen molar-refractivity contribution in [3.05, 3.63) is 53.6 Å². The van der Waals surface area contributed by atoms with Gasteiger partial charge in [-0.25, -0.2) is 0 Å². The third kappa shape index (κ3) is 3.46. The summed E-state index contributed by atoms with van der Waals surface area (Å²) < 4.78 is 0.922. The van der Waals surface area contributed by atoms with E-state index in [0.717, 1.165) is 20.8 Å². The number of hydrogen-bond donors (Lipinski definition) is 1. The minimum absolute atomic E-state index is 0.00926. The van der Waals surface area contributed by atoms with Gasteiger partial charge in [-0.1, -0.05) is 53.9 Å². The van der Waals surface area contributed by atoms with Crippen LogP contribution in [0.25, 0.3) is 0 Å². The van der Waals surface area contributed by atoms with Crippen LogP contribution in [0.5, 0.6) is 0 Å². The van der Waals surface area contributed by atoms with Crippen molar-refractivity contribution < 1.29 is 0 Å². The second-order valence-corrected chi connectivity index (χ2v) is 7.50. The van der Waals surface area contributed by atoms with Gasteiger partial charge in [-0.15, -0.1) is 11.3 Å². The molecule has 1 N–H and O–H groups in total. The maximum Gasteiger partial charge on any atom is 0.0888 e. The average molecular weight is 400 g/mol. The van der Waals surface area contributed by atoms with Gasteiger partial charge >= 0.3 is 0 Å². The monoisotopic (exact) mass is 397 g/mol. The molecule has 0 aliphatic carbocycles. The summed E-state index contributed by atoms with van der Waals surface area (Å²) in [6, 6.07) is 7.60. The quantitative estimate of drug-likeness (QED) is 0.648. The van der Waals surface area contributed by atoms with Gasteiger partial charge in [-0.2, -0.15) is 0 Å². The molecule has 0 saturated carbocycles. The molecule has 19 heavy (non-hydrogen) atoms. The zero-order valence-electron chi connectivity index (χ0n) is 10.0. The maximum atomic E-state index is 6.31. The smallest absolute Gasteiger partial charge is 0.0888 e. The van der Waals surface area contributed by atoms with Gasteiger partial charge < -0.3 is 5.32 Å². The number of halogens is 4. The van der Waals surface area contributed by atoms with Gasteiger partial charge in [-0.3, -0.25) is 0 Å². The molecule has 1 atom stereocenters. The van der Waals surface area contributed by atoms with Gasteiger partial charge in [0.1, 0.15) is 0 Å². The van der Waals surface area contributed by atoms with E-state index < -0.39 is 0 Å². The lowest BCUT2D eigenvalue weighted by Gasteiger charge is -2.18. The number of rotatable bonds is 4. The molecule has 1 nitrogen and oxygen atoms in total. The summed E-state index contributed by atoms with van der Waals surface area (Å²) in [4.78, 5) is 1.10. The van der Waals surface area contributed by atoms with Crippen LogP contribution in [0.2, 0.25) is 15.1 Å². The largest absolute Gasteiger partial charge is 0.306 e. The van der Waals surface area contributed by atoms with Crippen LogP contribution in [0.4, 0.5) is 0 Å². The molecule has 2 aromatic rings. The van der Waals surface area contributed by atoms with E-state index in [-0.39, 0.29) is 6.04 Å². The Hall–Kier alpha value is 0.230. The Kier molecular flexibility index (Phi) is 5.58. The Labute approximate surface area is 140 Å². The highest BCUT2D eigenvalue weighted by molar-refractivity contribution is 9.11. The first kappa shape index (κ1) is 15.6. The van der Waals surface area contributed by atoms with Crippen molar-refractivity contribution in [1.29, 1.82) is 0 Å². The molecule has 1 aromatic heterocycles. The van der Waals surface area contributed by atoms with Gasteiger partial charge in [0.05, 0.1) is 24.9 Å². The Bertz CT molecular complexity index is 566. The van der Waals surface area contributed by atoms with Gasteiger partial charge in [0, 0.05) is 4.88 Å². The maximum absolute atomic E-state index is 6.31. The van der Waals surface area contributed by atoms with Crippen LogP contribution in [-0.4, -0.2) is 6.54 Å². The molecule has 0 radical (unpaired) electrons. The second kappa shape index (κ2) is 6.79. The Morgan fingerprint density at radius 3 is 2.58 bits per heavy atom. The van der Waals surface area contributed by atoms with E-state index in [0.29, 0.717) is 15.1 Å². The molecule has 2 rings (SSSR count). The van der Waals surface area contributed by atoms with Crippen LogP contribution in [0.3, 0.4) is 0 Å². The summed E-state index contributed by atoms with van der Waals surface area (Å²) in [5, 5.41) is 5.26. The molecule has 0 amide bonds. The van der Waals surface area contributed by atoms with Crippen LogP contribution >= 0.6 is 62.1 Å². The summed E-state index contributed by atoms with van der Waals surface area (Å²) in [6.45, 7) is 2.87. The first-order valence-corrected chi connectivity index (χ1v) is 8.41. The Morgan fingerprint density at radius 2 is 2.00 bits per heavy atom. The summed E-state index contributed by atoms with van der Waals surface area (Å²) in [7, 11) is 0. The van der Waals surface area contributed by atoms with Crippen molar-refractivity contribution >= 4 is 62.1 Å². The van der Waals surface area contributed by atoms with Crippen molar-refractivity contribution in [3.63, 3.8) is 0 Å². The van der Waals surface area contributed by atoms with Crippen molar-refractivity contribution in [2.45, 2.75) is 13.0 Å².